The number of nitrogens with zero attached hydrogens (tertiary/aromatic N) is 1. The number of aryl methyl sites for hydroxylation is 1. The summed E-state index contributed by atoms with van der Waals surface area (Å²) in [6.45, 7) is 2.37. The van der Waals surface area contributed by atoms with Crippen molar-refractivity contribution in [2.24, 2.45) is 0 Å². The third kappa shape index (κ3) is 6.10. The summed E-state index contributed by atoms with van der Waals surface area (Å²) in [5.41, 5.74) is 4.20. The van der Waals surface area contributed by atoms with Gasteiger partial charge in [-0.3, -0.25) is 4.79 Å². The second-order valence-corrected chi connectivity index (χ2v) is 10.1. The third-order valence-electron chi connectivity index (χ3n) is 5.45. The second-order valence-electron chi connectivity index (χ2n) is 7.77. The number of hydrogen-bond acceptors (Lipinski definition) is 6. The van der Waals surface area contributed by atoms with Gasteiger partial charge in [0.2, 0.25) is 0 Å². The van der Waals surface area contributed by atoms with Gasteiger partial charge in [-0.2, -0.15) is 5.26 Å². The first-order valence-electron chi connectivity index (χ1n) is 11.0. The van der Waals surface area contributed by atoms with Crippen LogP contribution in [0.4, 0.5) is 5.69 Å². The Hall–Kier alpha value is -3.16. The first kappa shape index (κ1) is 24.9. The van der Waals surface area contributed by atoms with Crippen LogP contribution in [0.5, 0.6) is 11.5 Å². The normalized spacial score (nSPS) is 16.0. The fourth-order valence-corrected chi connectivity index (χ4v) is 5.34. The Bertz CT molecular complexity index is 1300. The average Bonchev–Trinajstić information content (AvgIpc) is 3.21. The molecule has 1 fully saturated rings. The molecule has 0 radical (unpaired) electrons. The zero-order valence-corrected chi connectivity index (χ0v) is 22.3. The number of ether oxygens (including phenoxy) is 2. The van der Waals surface area contributed by atoms with Crippen LogP contribution in [0.15, 0.2) is 65.6 Å². The van der Waals surface area contributed by atoms with Gasteiger partial charge in [-0.25, -0.2) is 0 Å². The molecule has 0 unspecified atom stereocenters. The number of anilines is 1. The van der Waals surface area contributed by atoms with Gasteiger partial charge in [-0.05, 0) is 76.5 Å². The smallest absolute Gasteiger partial charge is 0.260 e. The van der Waals surface area contributed by atoms with E-state index in [1.807, 2.05) is 48.5 Å². The number of benzene rings is 3. The SMILES string of the molecule is CCc1ccc(N[C@H]2NC(=O)/C(=C/c3cc(I)c(OCc4ccccc4C#N)c(OC)c3)S2)cc1. The van der Waals surface area contributed by atoms with Gasteiger partial charge in [0.05, 0.1) is 27.2 Å². The molecule has 0 spiro atoms. The number of hydrogen-bond donors (Lipinski definition) is 2. The molecule has 0 saturated carbocycles. The summed E-state index contributed by atoms with van der Waals surface area (Å²) in [5.74, 6) is 1.04. The van der Waals surface area contributed by atoms with Crippen LogP contribution in [0.25, 0.3) is 6.08 Å². The number of carbonyl (C=O) groups is 1. The van der Waals surface area contributed by atoms with Crippen molar-refractivity contribution in [3.8, 4) is 17.6 Å². The number of methoxy groups -OCH3 is 1. The van der Waals surface area contributed by atoms with E-state index in [0.29, 0.717) is 22.0 Å². The standard InChI is InChI=1S/C27H24IN3O3S/c1-3-17-8-10-21(11-9-17)30-27-31-26(32)24(35-27)14-18-12-22(28)25(23(13-18)33-2)34-16-20-7-5-4-6-19(20)15-29/h4-14,27,30H,3,16H2,1-2H3,(H,31,32)/b24-14-/t27-/m0/s1. The predicted molar refractivity (Wildman–Crippen MR) is 148 cm³/mol. The topological polar surface area (TPSA) is 83.4 Å². The van der Waals surface area contributed by atoms with Gasteiger partial charge in [0.25, 0.3) is 5.91 Å². The Labute approximate surface area is 222 Å². The summed E-state index contributed by atoms with van der Waals surface area (Å²) in [6, 6.07) is 21.5. The van der Waals surface area contributed by atoms with Crippen LogP contribution in [0, 0.1) is 14.9 Å². The van der Waals surface area contributed by atoms with E-state index in [2.05, 4.69) is 58.4 Å². The van der Waals surface area contributed by atoms with Gasteiger partial charge in [0.1, 0.15) is 6.61 Å². The summed E-state index contributed by atoms with van der Waals surface area (Å²) in [6.07, 6.45) is 2.84. The second kappa shape index (κ2) is 11.5. The highest BCUT2D eigenvalue weighted by Gasteiger charge is 2.27. The highest BCUT2D eigenvalue weighted by molar-refractivity contribution is 14.1. The van der Waals surface area contributed by atoms with Gasteiger partial charge in [0, 0.05) is 11.3 Å². The van der Waals surface area contributed by atoms with Crippen molar-refractivity contribution < 1.29 is 14.3 Å². The fraction of sp³-hybridized carbons (Fsp3) is 0.185. The minimum atomic E-state index is -0.245. The summed E-state index contributed by atoms with van der Waals surface area (Å²) >= 11 is 3.63. The molecule has 4 rings (SSSR count). The Morgan fingerprint density at radius 2 is 1.97 bits per heavy atom. The summed E-state index contributed by atoms with van der Waals surface area (Å²) in [4.78, 5) is 13.2. The number of halogens is 1. The van der Waals surface area contributed by atoms with Crippen LogP contribution >= 0.6 is 34.4 Å². The maximum atomic E-state index is 12.6. The molecule has 1 amide bonds. The lowest BCUT2D eigenvalue weighted by molar-refractivity contribution is -0.116. The highest BCUT2D eigenvalue weighted by atomic mass is 127. The van der Waals surface area contributed by atoms with Crippen LogP contribution in [-0.4, -0.2) is 18.5 Å². The molecule has 1 aliphatic rings. The molecular weight excluding hydrogens is 573 g/mol. The van der Waals surface area contributed by atoms with Gasteiger partial charge >= 0.3 is 0 Å². The van der Waals surface area contributed by atoms with Crippen LogP contribution in [0.2, 0.25) is 0 Å². The Balaban J connectivity index is 1.48. The molecule has 6 nitrogen and oxygen atoms in total. The van der Waals surface area contributed by atoms with Crippen LogP contribution in [0.1, 0.15) is 29.2 Å². The minimum absolute atomic E-state index is 0.125. The van der Waals surface area contributed by atoms with Gasteiger partial charge in [-0.15, -0.1) is 0 Å². The van der Waals surface area contributed by atoms with Crippen LogP contribution < -0.4 is 20.1 Å². The number of thioether (sulfide) groups is 1. The largest absolute Gasteiger partial charge is 0.493 e. The zero-order valence-electron chi connectivity index (χ0n) is 19.3. The van der Waals surface area contributed by atoms with Crippen LogP contribution in [0.3, 0.4) is 0 Å². The van der Waals surface area contributed by atoms with E-state index >= 15 is 0 Å². The molecule has 1 saturated heterocycles. The molecule has 178 valence electrons. The third-order valence-corrected chi connectivity index (χ3v) is 7.28. The number of amides is 1. The molecule has 0 aliphatic carbocycles. The summed E-state index contributed by atoms with van der Waals surface area (Å²) in [5, 5.41) is 15.6. The van der Waals surface area contributed by atoms with E-state index in [1.165, 1.54) is 17.3 Å². The van der Waals surface area contributed by atoms with Crippen molar-refractivity contribution in [3.63, 3.8) is 0 Å². The van der Waals surface area contributed by atoms with Gasteiger partial charge in [0.15, 0.2) is 17.0 Å². The Morgan fingerprint density at radius 1 is 1.20 bits per heavy atom. The molecular formula is C27H24IN3O3S. The molecule has 8 heteroatoms. The maximum Gasteiger partial charge on any atom is 0.260 e. The van der Waals surface area contributed by atoms with E-state index in [9.17, 15) is 10.1 Å². The minimum Gasteiger partial charge on any atom is -0.493 e. The molecule has 3 aromatic carbocycles. The number of rotatable bonds is 8. The number of carbonyl (C=O) groups excluding carboxylic acids is 1. The molecule has 0 aromatic heterocycles. The molecule has 2 N–H and O–H groups in total. The lowest BCUT2D eigenvalue weighted by atomic mass is 10.1. The van der Waals surface area contributed by atoms with Gasteiger partial charge in [-0.1, -0.05) is 49.0 Å². The average molecular weight is 597 g/mol. The lowest BCUT2D eigenvalue weighted by Gasteiger charge is -2.14. The molecule has 1 aliphatic heterocycles. The molecule has 3 aromatic rings. The van der Waals surface area contributed by atoms with E-state index in [1.54, 1.807) is 13.2 Å². The Kier molecular flexibility index (Phi) is 8.21. The molecule has 1 atom stereocenters. The number of nitrogens with one attached hydrogen (secondary N) is 2. The van der Waals surface area contributed by atoms with E-state index in [-0.39, 0.29) is 18.0 Å². The van der Waals surface area contributed by atoms with Crippen molar-refractivity contribution in [1.29, 1.82) is 5.26 Å². The van der Waals surface area contributed by atoms with Crippen molar-refractivity contribution in [2.45, 2.75) is 25.4 Å². The first-order chi connectivity index (χ1) is 17.0. The van der Waals surface area contributed by atoms with Gasteiger partial charge < -0.3 is 20.1 Å². The molecule has 1 heterocycles. The summed E-state index contributed by atoms with van der Waals surface area (Å²) < 4.78 is 12.5. The predicted octanol–water partition coefficient (Wildman–Crippen LogP) is 5.91. The van der Waals surface area contributed by atoms with E-state index in [0.717, 1.165) is 26.8 Å². The van der Waals surface area contributed by atoms with Crippen molar-refractivity contribution >= 4 is 52.0 Å². The van der Waals surface area contributed by atoms with Crippen molar-refractivity contribution in [1.82, 2.24) is 5.32 Å². The molecule has 0 bridgehead atoms. The zero-order chi connectivity index (χ0) is 24.8. The fourth-order valence-electron chi connectivity index (χ4n) is 3.57. The van der Waals surface area contributed by atoms with Crippen LogP contribution in [-0.2, 0) is 17.8 Å². The Morgan fingerprint density at radius 3 is 2.69 bits per heavy atom. The van der Waals surface area contributed by atoms with E-state index < -0.39 is 0 Å². The lowest BCUT2D eigenvalue weighted by Crippen LogP contribution is -2.30. The van der Waals surface area contributed by atoms with Crippen molar-refractivity contribution in [3.05, 3.63) is 91.4 Å². The first-order valence-corrected chi connectivity index (χ1v) is 13.0. The maximum absolute atomic E-state index is 12.6. The molecule has 35 heavy (non-hydrogen) atoms. The monoisotopic (exact) mass is 597 g/mol. The quantitative estimate of drug-likeness (QED) is 0.248. The van der Waals surface area contributed by atoms with Crippen molar-refractivity contribution in [2.75, 3.05) is 12.4 Å². The highest BCUT2D eigenvalue weighted by Crippen LogP contribution is 2.37. The number of nitriles is 1. The summed E-state index contributed by atoms with van der Waals surface area (Å²) in [7, 11) is 1.58. The van der Waals surface area contributed by atoms with E-state index in [4.69, 9.17) is 9.47 Å².